The predicted octanol–water partition coefficient (Wildman–Crippen LogP) is 1.46. The number of aryl methyl sites for hydroxylation is 2. The number of carbonyl (C=O) groups is 2. The summed E-state index contributed by atoms with van der Waals surface area (Å²) in [5.74, 6) is -1.64. The van der Waals surface area contributed by atoms with Crippen molar-refractivity contribution in [2.24, 2.45) is 14.1 Å². The number of benzene rings is 1. The average molecular weight is 339 g/mol. The number of ketones is 1. The summed E-state index contributed by atoms with van der Waals surface area (Å²) in [6.45, 7) is 0. The summed E-state index contributed by atoms with van der Waals surface area (Å²) >= 11 is 3.27. The van der Waals surface area contributed by atoms with Crippen molar-refractivity contribution in [1.29, 1.82) is 0 Å². The molecule has 0 aliphatic carbocycles. The average Bonchev–Trinajstić information content (AvgIpc) is 2.60. The number of nitrogens with zero attached hydrogens (tertiary/aromatic N) is 2. The number of hydrogen-bond donors (Lipinski definition) is 1. The Morgan fingerprint density at radius 3 is 2.25 bits per heavy atom. The first-order valence-electron chi connectivity index (χ1n) is 5.63. The van der Waals surface area contributed by atoms with Crippen LogP contribution in [0.1, 0.15) is 10.4 Å². The van der Waals surface area contributed by atoms with Crippen molar-refractivity contribution >= 4 is 38.7 Å². The maximum atomic E-state index is 11.9. The summed E-state index contributed by atoms with van der Waals surface area (Å²) in [5.41, 5.74) is 1.39. The van der Waals surface area contributed by atoms with Crippen LogP contribution >= 0.6 is 15.9 Å². The lowest BCUT2D eigenvalue weighted by Crippen LogP contribution is -2.19. The molecule has 0 saturated heterocycles. The molecule has 1 aromatic carbocycles. The zero-order valence-electron chi connectivity index (χ0n) is 10.8. The largest absolute Gasteiger partial charge is 0.478 e. The molecule has 0 saturated carbocycles. The molecular formula is C13H11BrN2O4. The first-order chi connectivity index (χ1) is 9.32. The Kier molecular flexibility index (Phi) is 3.63. The minimum atomic E-state index is -1.19. The maximum absolute atomic E-state index is 11.9. The molecule has 0 aliphatic rings. The van der Waals surface area contributed by atoms with Crippen LogP contribution in [0.25, 0.3) is 11.0 Å². The second kappa shape index (κ2) is 5.09. The first kappa shape index (κ1) is 14.3. The number of rotatable bonds is 3. The van der Waals surface area contributed by atoms with E-state index in [4.69, 9.17) is 5.11 Å². The molecule has 6 nitrogen and oxygen atoms in total. The van der Waals surface area contributed by atoms with Gasteiger partial charge < -0.3 is 5.11 Å². The molecule has 2 rings (SSSR count). The fraction of sp³-hybridized carbons (Fsp3) is 0.154. The summed E-state index contributed by atoms with van der Waals surface area (Å²) < 4.78 is 3.41. The van der Waals surface area contributed by atoms with E-state index in [9.17, 15) is 14.4 Å². The standard InChI is InChI=1S/C13H11BrN2O4/c1-15-9-5-7(11(17)3-4-12(18)19)8(14)6-10(9)16(2)13(15)20/h3-6H,1-2H3,(H,18,19). The van der Waals surface area contributed by atoms with Gasteiger partial charge in [-0.15, -0.1) is 0 Å². The van der Waals surface area contributed by atoms with Gasteiger partial charge >= 0.3 is 11.7 Å². The van der Waals surface area contributed by atoms with Gasteiger partial charge in [-0.2, -0.15) is 0 Å². The zero-order valence-corrected chi connectivity index (χ0v) is 12.3. The molecule has 0 atom stereocenters. The van der Waals surface area contributed by atoms with Crippen LogP contribution in [0, 0.1) is 0 Å². The highest BCUT2D eigenvalue weighted by Crippen LogP contribution is 2.24. The van der Waals surface area contributed by atoms with Crippen molar-refractivity contribution in [3.63, 3.8) is 0 Å². The quantitative estimate of drug-likeness (QED) is 0.678. The van der Waals surface area contributed by atoms with Gasteiger partial charge in [0.25, 0.3) is 0 Å². The number of halogens is 1. The SMILES string of the molecule is Cn1c(=O)n(C)c2cc(C(=O)C=CC(=O)O)c(Br)cc21. The number of allylic oxidation sites excluding steroid dienone is 1. The molecule has 104 valence electrons. The van der Waals surface area contributed by atoms with Gasteiger partial charge in [0.05, 0.1) is 11.0 Å². The van der Waals surface area contributed by atoms with Crippen LogP contribution < -0.4 is 5.69 Å². The predicted molar refractivity (Wildman–Crippen MR) is 77.0 cm³/mol. The van der Waals surface area contributed by atoms with E-state index in [1.165, 1.54) is 9.13 Å². The lowest BCUT2D eigenvalue weighted by atomic mass is 10.1. The van der Waals surface area contributed by atoms with Crippen LogP contribution in [0.15, 0.2) is 33.6 Å². The van der Waals surface area contributed by atoms with Crippen molar-refractivity contribution in [2.45, 2.75) is 0 Å². The van der Waals surface area contributed by atoms with Gasteiger partial charge in [0.2, 0.25) is 0 Å². The Morgan fingerprint density at radius 1 is 1.15 bits per heavy atom. The van der Waals surface area contributed by atoms with E-state index < -0.39 is 11.8 Å². The Labute approximate surface area is 122 Å². The number of aliphatic carboxylic acids is 1. The van der Waals surface area contributed by atoms with Gasteiger partial charge in [-0.05, 0) is 34.1 Å². The third-order valence-corrected chi connectivity index (χ3v) is 3.66. The van der Waals surface area contributed by atoms with Crippen molar-refractivity contribution in [3.8, 4) is 0 Å². The fourth-order valence-electron chi connectivity index (χ4n) is 1.95. The molecule has 1 heterocycles. The number of carboxylic acid groups (broad SMARTS) is 1. The maximum Gasteiger partial charge on any atom is 0.328 e. The van der Waals surface area contributed by atoms with Gasteiger partial charge in [-0.25, -0.2) is 9.59 Å². The van der Waals surface area contributed by atoms with Gasteiger partial charge in [-0.3, -0.25) is 13.9 Å². The molecule has 0 aliphatic heterocycles. The minimum Gasteiger partial charge on any atom is -0.478 e. The topological polar surface area (TPSA) is 81.3 Å². The summed E-state index contributed by atoms with van der Waals surface area (Å²) in [5, 5.41) is 8.53. The van der Waals surface area contributed by atoms with Crippen molar-refractivity contribution in [1.82, 2.24) is 9.13 Å². The van der Waals surface area contributed by atoms with Crippen LogP contribution in [0.5, 0.6) is 0 Å². The van der Waals surface area contributed by atoms with E-state index in [1.807, 2.05) is 0 Å². The molecule has 1 aromatic heterocycles. The Hall–Kier alpha value is -2.15. The lowest BCUT2D eigenvalue weighted by molar-refractivity contribution is -0.131. The van der Waals surface area contributed by atoms with E-state index >= 15 is 0 Å². The van der Waals surface area contributed by atoms with Gasteiger partial charge in [0, 0.05) is 30.2 Å². The van der Waals surface area contributed by atoms with E-state index in [0.717, 1.165) is 12.2 Å². The van der Waals surface area contributed by atoms with Crippen LogP contribution in [-0.2, 0) is 18.9 Å². The Bertz CT molecular complexity index is 814. The van der Waals surface area contributed by atoms with Crippen molar-refractivity contribution in [2.75, 3.05) is 0 Å². The normalized spacial score (nSPS) is 11.3. The number of carboxylic acids is 1. The second-order valence-electron chi connectivity index (χ2n) is 4.26. The van der Waals surface area contributed by atoms with E-state index in [2.05, 4.69) is 15.9 Å². The van der Waals surface area contributed by atoms with E-state index in [0.29, 0.717) is 21.1 Å². The molecule has 1 N–H and O–H groups in total. The summed E-state index contributed by atoms with van der Waals surface area (Å²) in [7, 11) is 3.25. The summed E-state index contributed by atoms with van der Waals surface area (Å²) in [4.78, 5) is 34.2. The van der Waals surface area contributed by atoms with Crippen molar-refractivity contribution in [3.05, 3.63) is 44.8 Å². The molecule has 0 bridgehead atoms. The van der Waals surface area contributed by atoms with Crippen LogP contribution in [0.3, 0.4) is 0 Å². The number of aromatic nitrogens is 2. The van der Waals surface area contributed by atoms with E-state index in [-0.39, 0.29) is 5.69 Å². The van der Waals surface area contributed by atoms with Gasteiger partial charge in [0.15, 0.2) is 5.78 Å². The highest BCUT2D eigenvalue weighted by atomic mass is 79.9. The molecule has 0 unspecified atom stereocenters. The number of imidazole rings is 1. The van der Waals surface area contributed by atoms with Gasteiger partial charge in [0.1, 0.15) is 0 Å². The van der Waals surface area contributed by atoms with Crippen LogP contribution in [0.4, 0.5) is 0 Å². The minimum absolute atomic E-state index is 0.197. The lowest BCUT2D eigenvalue weighted by Gasteiger charge is -2.02. The highest BCUT2D eigenvalue weighted by Gasteiger charge is 2.14. The highest BCUT2D eigenvalue weighted by molar-refractivity contribution is 9.10. The van der Waals surface area contributed by atoms with Crippen LogP contribution in [-0.4, -0.2) is 26.0 Å². The first-order valence-corrected chi connectivity index (χ1v) is 6.42. The summed E-state index contributed by atoms with van der Waals surface area (Å²) in [6, 6.07) is 3.23. The number of carbonyl (C=O) groups excluding carboxylic acids is 1. The zero-order chi connectivity index (χ0) is 15.0. The monoisotopic (exact) mass is 338 g/mol. The third kappa shape index (κ3) is 2.32. The van der Waals surface area contributed by atoms with Gasteiger partial charge in [-0.1, -0.05) is 0 Å². The molecule has 0 fully saturated rings. The van der Waals surface area contributed by atoms with Crippen molar-refractivity contribution < 1.29 is 14.7 Å². The molecular weight excluding hydrogens is 328 g/mol. The molecule has 20 heavy (non-hydrogen) atoms. The van der Waals surface area contributed by atoms with E-state index in [1.54, 1.807) is 26.2 Å². The fourth-order valence-corrected chi connectivity index (χ4v) is 2.47. The molecule has 0 amide bonds. The summed E-state index contributed by atoms with van der Waals surface area (Å²) in [6.07, 6.45) is 1.76. The third-order valence-electron chi connectivity index (χ3n) is 3.00. The smallest absolute Gasteiger partial charge is 0.328 e. The molecule has 2 aromatic rings. The molecule has 0 radical (unpaired) electrons. The Balaban J connectivity index is 2.64. The van der Waals surface area contributed by atoms with Crippen LogP contribution in [0.2, 0.25) is 0 Å². The second-order valence-corrected chi connectivity index (χ2v) is 5.11. The number of fused-ring (bicyclic) bond motifs is 1. The Morgan fingerprint density at radius 2 is 1.70 bits per heavy atom. The molecule has 7 heteroatoms. The molecule has 0 spiro atoms. The number of hydrogen-bond acceptors (Lipinski definition) is 3.